The summed E-state index contributed by atoms with van der Waals surface area (Å²) in [5, 5.41) is 15.4. The molecule has 0 radical (unpaired) electrons. The van der Waals surface area contributed by atoms with Gasteiger partial charge in [-0.05, 0) is 17.7 Å². The van der Waals surface area contributed by atoms with Gasteiger partial charge in [-0.3, -0.25) is 0 Å². The number of aromatic nitrogens is 2. The number of aromatic amines is 1. The number of rotatable bonds is 4. The van der Waals surface area contributed by atoms with Crippen molar-refractivity contribution in [2.75, 3.05) is 0 Å². The van der Waals surface area contributed by atoms with Crippen LogP contribution in [0, 0.1) is 10.8 Å². The normalized spacial score (nSPS) is 11.4. The molecule has 84 valence electrons. The zero-order valence-electron chi connectivity index (χ0n) is 9.20. The number of hydrogen-bond acceptors (Lipinski definition) is 3. The third-order valence-corrected chi connectivity index (χ3v) is 2.56. The number of fused-ring (bicyclic) bond motifs is 1. The van der Waals surface area contributed by atoms with Gasteiger partial charge >= 0.3 is 0 Å². The first kappa shape index (κ1) is 11.0. The Bertz CT molecular complexity index is 619. The van der Waals surface area contributed by atoms with Crippen molar-refractivity contribution in [1.29, 1.82) is 10.8 Å². The molecule has 0 saturated heterocycles. The van der Waals surface area contributed by atoms with Crippen molar-refractivity contribution < 1.29 is 0 Å². The van der Waals surface area contributed by atoms with Crippen LogP contribution in [0.5, 0.6) is 0 Å². The van der Waals surface area contributed by atoms with Gasteiger partial charge in [-0.2, -0.15) is 0 Å². The van der Waals surface area contributed by atoms with Gasteiger partial charge in [0, 0.05) is 41.3 Å². The van der Waals surface area contributed by atoms with Gasteiger partial charge in [0.25, 0.3) is 0 Å². The van der Waals surface area contributed by atoms with E-state index in [9.17, 15) is 0 Å². The van der Waals surface area contributed by atoms with Gasteiger partial charge in [-0.15, -0.1) is 0 Å². The zero-order chi connectivity index (χ0) is 12.3. The fourth-order valence-electron chi connectivity index (χ4n) is 1.79. The third-order valence-electron chi connectivity index (χ3n) is 2.56. The maximum Gasteiger partial charge on any atom is 0.138 e. The maximum absolute atomic E-state index is 7.39. The van der Waals surface area contributed by atoms with Gasteiger partial charge in [-0.1, -0.05) is 12.7 Å². The van der Waals surface area contributed by atoms with Crippen LogP contribution < -0.4 is 0 Å². The monoisotopic (exact) mass is 224 g/mol. The number of hydrogen-bond donors (Lipinski definition) is 3. The van der Waals surface area contributed by atoms with Gasteiger partial charge in [0.2, 0.25) is 0 Å². The standard InChI is InChI=1S/C13H12N4/c1-2-9-4-6-16-13-12(9)11(8-17-13)10(7-15)3-5-14/h2-8,14-15H,1H2,(H,16,17)/b10-3+,14-5?,15-7?. The maximum atomic E-state index is 7.39. The topological polar surface area (TPSA) is 76.4 Å². The minimum atomic E-state index is 0.669. The molecule has 0 fully saturated rings. The van der Waals surface area contributed by atoms with Crippen LogP contribution in [0.25, 0.3) is 22.7 Å². The van der Waals surface area contributed by atoms with Crippen LogP contribution in [0.4, 0.5) is 0 Å². The summed E-state index contributed by atoms with van der Waals surface area (Å²) in [7, 11) is 0. The molecule has 0 atom stereocenters. The van der Waals surface area contributed by atoms with E-state index in [1.165, 1.54) is 12.4 Å². The van der Waals surface area contributed by atoms with Crippen LogP contribution in [0.15, 0.2) is 31.1 Å². The van der Waals surface area contributed by atoms with Crippen molar-refractivity contribution >= 4 is 35.1 Å². The van der Waals surface area contributed by atoms with E-state index in [4.69, 9.17) is 10.8 Å². The highest BCUT2D eigenvalue weighted by molar-refractivity contribution is 6.17. The molecule has 4 heteroatoms. The molecule has 0 bridgehead atoms. The van der Waals surface area contributed by atoms with Crippen molar-refractivity contribution in [3.05, 3.63) is 42.2 Å². The van der Waals surface area contributed by atoms with Crippen LogP contribution in [0.2, 0.25) is 0 Å². The smallest absolute Gasteiger partial charge is 0.138 e. The minimum absolute atomic E-state index is 0.669. The summed E-state index contributed by atoms with van der Waals surface area (Å²) < 4.78 is 0. The quantitative estimate of drug-likeness (QED) is 0.686. The fourth-order valence-corrected chi connectivity index (χ4v) is 1.79. The molecule has 0 aliphatic heterocycles. The predicted octanol–water partition coefficient (Wildman–Crippen LogP) is 2.89. The molecule has 0 amide bonds. The summed E-state index contributed by atoms with van der Waals surface area (Å²) in [6.07, 6.45) is 9.24. The zero-order valence-corrected chi connectivity index (χ0v) is 9.20. The van der Waals surface area contributed by atoms with Gasteiger partial charge < -0.3 is 15.8 Å². The lowest BCUT2D eigenvalue weighted by molar-refractivity contribution is 1.32. The Hall–Kier alpha value is -2.49. The van der Waals surface area contributed by atoms with Crippen LogP contribution >= 0.6 is 0 Å². The molecule has 0 aliphatic carbocycles. The molecule has 2 aromatic heterocycles. The number of nitrogens with one attached hydrogen (secondary N) is 3. The molecule has 2 aromatic rings. The highest BCUT2D eigenvalue weighted by Crippen LogP contribution is 2.26. The van der Waals surface area contributed by atoms with Crippen LogP contribution in [0.1, 0.15) is 11.1 Å². The molecule has 0 aromatic carbocycles. The Morgan fingerprint density at radius 2 is 2.24 bits per heavy atom. The first-order chi connectivity index (χ1) is 8.31. The molecule has 2 heterocycles. The number of pyridine rings is 1. The fraction of sp³-hybridized carbons (Fsp3) is 0. The average molecular weight is 224 g/mol. The molecule has 2 rings (SSSR count). The van der Waals surface area contributed by atoms with Crippen molar-refractivity contribution in [3.8, 4) is 0 Å². The Labute approximate surface area is 98.7 Å². The summed E-state index contributed by atoms with van der Waals surface area (Å²) in [5.41, 5.74) is 3.25. The highest BCUT2D eigenvalue weighted by Gasteiger charge is 2.10. The second-order valence-electron chi connectivity index (χ2n) is 3.46. The summed E-state index contributed by atoms with van der Waals surface area (Å²) in [5.74, 6) is 0. The van der Waals surface area contributed by atoms with E-state index in [2.05, 4.69) is 16.5 Å². The molecule has 0 unspecified atom stereocenters. The molecule has 17 heavy (non-hydrogen) atoms. The van der Waals surface area contributed by atoms with Gasteiger partial charge in [0.05, 0.1) is 0 Å². The Kier molecular flexibility index (Phi) is 2.96. The van der Waals surface area contributed by atoms with Crippen LogP contribution in [-0.4, -0.2) is 22.4 Å². The van der Waals surface area contributed by atoms with Crippen molar-refractivity contribution in [3.63, 3.8) is 0 Å². The van der Waals surface area contributed by atoms with Gasteiger partial charge in [-0.25, -0.2) is 4.98 Å². The summed E-state index contributed by atoms with van der Waals surface area (Å²) >= 11 is 0. The average Bonchev–Trinajstić information content (AvgIpc) is 2.79. The molecular formula is C13H12N4. The lowest BCUT2D eigenvalue weighted by Crippen LogP contribution is -1.87. The number of H-pyrrole nitrogens is 1. The number of allylic oxidation sites excluding steroid dienone is 2. The lowest BCUT2D eigenvalue weighted by atomic mass is 10.0. The van der Waals surface area contributed by atoms with Crippen molar-refractivity contribution in [1.82, 2.24) is 9.97 Å². The summed E-state index contributed by atoms with van der Waals surface area (Å²) in [6.45, 7) is 3.77. The van der Waals surface area contributed by atoms with Gasteiger partial charge in [0.1, 0.15) is 5.65 Å². The second-order valence-corrected chi connectivity index (χ2v) is 3.46. The summed E-state index contributed by atoms with van der Waals surface area (Å²) in [4.78, 5) is 7.28. The molecule has 0 saturated carbocycles. The van der Waals surface area contributed by atoms with E-state index >= 15 is 0 Å². The Morgan fingerprint density at radius 3 is 2.88 bits per heavy atom. The van der Waals surface area contributed by atoms with Crippen LogP contribution in [-0.2, 0) is 0 Å². The summed E-state index contributed by atoms with van der Waals surface area (Å²) in [6, 6.07) is 1.87. The van der Waals surface area contributed by atoms with E-state index in [1.807, 2.05) is 6.07 Å². The van der Waals surface area contributed by atoms with Crippen LogP contribution in [0.3, 0.4) is 0 Å². The molecule has 3 N–H and O–H groups in total. The molecule has 0 aliphatic rings. The highest BCUT2D eigenvalue weighted by atomic mass is 14.8. The molecule has 0 spiro atoms. The first-order valence-corrected chi connectivity index (χ1v) is 5.12. The molecule has 4 nitrogen and oxygen atoms in total. The first-order valence-electron chi connectivity index (χ1n) is 5.12. The largest absolute Gasteiger partial charge is 0.345 e. The van der Waals surface area contributed by atoms with E-state index in [-0.39, 0.29) is 0 Å². The van der Waals surface area contributed by atoms with Gasteiger partial charge in [0.15, 0.2) is 0 Å². The Balaban J connectivity index is 2.78. The molecular weight excluding hydrogens is 212 g/mol. The van der Waals surface area contributed by atoms with E-state index in [1.54, 1.807) is 24.5 Å². The number of nitrogens with zero attached hydrogens (tertiary/aromatic N) is 1. The second kappa shape index (κ2) is 4.57. The van der Waals surface area contributed by atoms with Crippen molar-refractivity contribution in [2.45, 2.75) is 0 Å². The SMILES string of the molecule is C=Cc1ccnc2[nH]cc(/C(C=N)=C/C=N)c12. The predicted molar refractivity (Wildman–Crippen MR) is 71.7 cm³/mol. The Morgan fingerprint density at radius 1 is 1.41 bits per heavy atom. The van der Waals surface area contributed by atoms with E-state index < -0.39 is 0 Å². The van der Waals surface area contributed by atoms with Crippen molar-refractivity contribution in [2.24, 2.45) is 0 Å². The minimum Gasteiger partial charge on any atom is -0.345 e. The third kappa shape index (κ3) is 1.80. The van der Waals surface area contributed by atoms with E-state index in [0.29, 0.717) is 5.57 Å². The lowest BCUT2D eigenvalue weighted by Gasteiger charge is -2.01. The van der Waals surface area contributed by atoms with E-state index in [0.717, 1.165) is 22.2 Å².